The fourth-order valence-corrected chi connectivity index (χ4v) is 1.25. The molecule has 0 fully saturated rings. The van der Waals surface area contributed by atoms with Gasteiger partial charge in [-0.25, -0.2) is 0 Å². The Morgan fingerprint density at radius 2 is 1.86 bits per heavy atom. The van der Waals surface area contributed by atoms with Gasteiger partial charge in [0, 0.05) is 10.5 Å². The van der Waals surface area contributed by atoms with E-state index in [-0.39, 0.29) is 11.5 Å². The molecule has 74 valence electrons. The van der Waals surface area contributed by atoms with Crippen molar-refractivity contribution in [3.63, 3.8) is 0 Å². The van der Waals surface area contributed by atoms with Crippen LogP contribution in [0.15, 0.2) is 35.9 Å². The summed E-state index contributed by atoms with van der Waals surface area (Å²) in [5.41, 5.74) is 2.84. The van der Waals surface area contributed by atoms with Gasteiger partial charge in [0.1, 0.15) is 0 Å². The molecule has 0 amide bonds. The predicted molar refractivity (Wildman–Crippen MR) is 56.6 cm³/mol. The predicted octanol–water partition coefficient (Wildman–Crippen LogP) is 2.76. The molecule has 3 nitrogen and oxygen atoms in total. The number of hydrogen-bond donors (Lipinski definition) is 0. The van der Waals surface area contributed by atoms with E-state index in [1.54, 1.807) is 6.92 Å². The highest BCUT2D eigenvalue weighted by atomic mass is 16.6. The van der Waals surface area contributed by atoms with Gasteiger partial charge in [0.05, 0.1) is 0 Å². The molecule has 0 aliphatic heterocycles. The van der Waals surface area contributed by atoms with Crippen LogP contribution in [-0.2, 0) is 0 Å². The molecule has 0 aromatic heterocycles. The number of nitrogens with zero attached hydrogens (tertiary/aromatic N) is 1. The molecule has 0 aliphatic rings. The highest BCUT2D eigenvalue weighted by Gasteiger charge is 2.05. The lowest BCUT2D eigenvalue weighted by molar-refractivity contribution is -0.470. The van der Waals surface area contributed by atoms with E-state index in [1.165, 1.54) is 0 Å². The first kappa shape index (κ1) is 10.4. The molecule has 0 saturated carbocycles. The third kappa shape index (κ3) is 2.69. The van der Waals surface area contributed by atoms with E-state index in [9.17, 15) is 10.1 Å². The minimum absolute atomic E-state index is 0.0826. The second-order valence-corrected chi connectivity index (χ2v) is 3.26. The average molecular weight is 191 g/mol. The third-order valence-corrected chi connectivity index (χ3v) is 2.21. The van der Waals surface area contributed by atoms with E-state index < -0.39 is 0 Å². The Balaban J connectivity index is 2.93. The smallest absolute Gasteiger partial charge is 0.225 e. The second kappa shape index (κ2) is 4.56. The van der Waals surface area contributed by atoms with Crippen molar-refractivity contribution in [3.05, 3.63) is 51.6 Å². The Bertz CT molecular complexity index is 355. The summed E-state index contributed by atoms with van der Waals surface area (Å²) >= 11 is 0. The van der Waals surface area contributed by atoms with Gasteiger partial charge in [-0.2, -0.15) is 0 Å². The van der Waals surface area contributed by atoms with Crippen LogP contribution in [0.5, 0.6) is 0 Å². The van der Waals surface area contributed by atoms with E-state index in [4.69, 9.17) is 0 Å². The average Bonchev–Trinajstić information content (AvgIpc) is 2.17. The first-order valence-electron chi connectivity index (χ1n) is 4.45. The molecule has 14 heavy (non-hydrogen) atoms. The lowest BCUT2D eigenvalue weighted by Gasteiger charge is -2.04. The van der Waals surface area contributed by atoms with E-state index in [0.717, 1.165) is 16.7 Å². The number of allylic oxidation sites excluding steroid dienone is 1. The van der Waals surface area contributed by atoms with Crippen molar-refractivity contribution in [1.29, 1.82) is 0 Å². The topological polar surface area (TPSA) is 43.1 Å². The zero-order chi connectivity index (χ0) is 10.6. The fraction of sp³-hybridized carbons (Fsp3) is 0.273. The summed E-state index contributed by atoms with van der Waals surface area (Å²) in [4.78, 5) is 10.0. The molecule has 1 rings (SSSR count). The van der Waals surface area contributed by atoms with Gasteiger partial charge in [-0.05, 0) is 25.0 Å². The van der Waals surface area contributed by atoms with Gasteiger partial charge in [0.2, 0.25) is 6.54 Å². The quantitative estimate of drug-likeness (QED) is 0.544. The summed E-state index contributed by atoms with van der Waals surface area (Å²) in [6.45, 7) is 3.63. The van der Waals surface area contributed by atoms with Crippen molar-refractivity contribution in [2.24, 2.45) is 0 Å². The number of hydrogen-bond acceptors (Lipinski definition) is 2. The maximum Gasteiger partial charge on any atom is 0.225 e. The third-order valence-electron chi connectivity index (χ3n) is 2.21. The fourth-order valence-electron chi connectivity index (χ4n) is 1.25. The van der Waals surface area contributed by atoms with Gasteiger partial charge in [-0.1, -0.05) is 30.3 Å². The van der Waals surface area contributed by atoms with Crippen molar-refractivity contribution >= 4 is 5.57 Å². The lowest BCUT2D eigenvalue weighted by atomic mass is 10.0. The van der Waals surface area contributed by atoms with Crippen LogP contribution in [-0.4, -0.2) is 11.5 Å². The molecular formula is C11H13NO2. The highest BCUT2D eigenvalue weighted by Crippen LogP contribution is 2.17. The monoisotopic (exact) mass is 191 g/mol. The molecule has 0 aliphatic carbocycles. The van der Waals surface area contributed by atoms with Crippen LogP contribution in [0, 0.1) is 10.1 Å². The molecule has 0 unspecified atom stereocenters. The summed E-state index contributed by atoms with van der Waals surface area (Å²) in [6, 6.07) is 9.70. The standard InChI is InChI=1S/C11H13NO2/c1-9(8-12(13)14)10(2)11-6-4-3-5-7-11/h3-7H,8H2,1-2H3/b10-9+. The zero-order valence-electron chi connectivity index (χ0n) is 8.36. The van der Waals surface area contributed by atoms with Gasteiger partial charge in [-0.3, -0.25) is 10.1 Å². The van der Waals surface area contributed by atoms with Crippen molar-refractivity contribution in [3.8, 4) is 0 Å². The van der Waals surface area contributed by atoms with Crippen molar-refractivity contribution < 1.29 is 4.92 Å². The number of rotatable bonds is 3. The van der Waals surface area contributed by atoms with Gasteiger partial charge in [0.25, 0.3) is 0 Å². The molecular weight excluding hydrogens is 178 g/mol. The summed E-state index contributed by atoms with van der Waals surface area (Å²) < 4.78 is 0. The molecule has 1 aromatic carbocycles. The molecule has 0 spiro atoms. The van der Waals surface area contributed by atoms with Crippen LogP contribution in [0.2, 0.25) is 0 Å². The van der Waals surface area contributed by atoms with Crippen LogP contribution in [0.1, 0.15) is 19.4 Å². The number of benzene rings is 1. The van der Waals surface area contributed by atoms with Crippen molar-refractivity contribution in [2.45, 2.75) is 13.8 Å². The molecule has 0 bridgehead atoms. The summed E-state index contributed by atoms with van der Waals surface area (Å²) in [5, 5.41) is 10.3. The summed E-state index contributed by atoms with van der Waals surface area (Å²) in [7, 11) is 0. The molecule has 0 heterocycles. The minimum atomic E-state index is -0.304. The zero-order valence-corrected chi connectivity index (χ0v) is 8.36. The highest BCUT2D eigenvalue weighted by molar-refractivity contribution is 5.66. The Hall–Kier alpha value is -1.64. The Morgan fingerprint density at radius 1 is 1.29 bits per heavy atom. The lowest BCUT2D eigenvalue weighted by Crippen LogP contribution is -2.03. The van der Waals surface area contributed by atoms with Gasteiger partial charge in [0.15, 0.2) is 0 Å². The molecule has 3 heteroatoms. The van der Waals surface area contributed by atoms with Crippen molar-refractivity contribution in [2.75, 3.05) is 6.54 Å². The van der Waals surface area contributed by atoms with E-state index in [2.05, 4.69) is 0 Å². The summed E-state index contributed by atoms with van der Waals surface area (Å²) in [5.74, 6) is 0. The van der Waals surface area contributed by atoms with Crippen LogP contribution >= 0.6 is 0 Å². The molecule has 0 radical (unpaired) electrons. The van der Waals surface area contributed by atoms with Gasteiger partial charge >= 0.3 is 0 Å². The molecule has 0 N–H and O–H groups in total. The van der Waals surface area contributed by atoms with E-state index >= 15 is 0 Å². The molecule has 0 saturated heterocycles. The normalized spacial score (nSPS) is 12.1. The van der Waals surface area contributed by atoms with Crippen LogP contribution in [0.3, 0.4) is 0 Å². The summed E-state index contributed by atoms with van der Waals surface area (Å²) in [6.07, 6.45) is 0. The van der Waals surface area contributed by atoms with Gasteiger partial charge in [-0.15, -0.1) is 0 Å². The van der Waals surface area contributed by atoms with Crippen LogP contribution in [0.4, 0.5) is 0 Å². The minimum Gasteiger partial charge on any atom is -0.264 e. The van der Waals surface area contributed by atoms with Gasteiger partial charge < -0.3 is 0 Å². The SMILES string of the molecule is C/C(C[N+](=O)[O-])=C(/C)c1ccccc1. The second-order valence-electron chi connectivity index (χ2n) is 3.26. The first-order chi connectivity index (χ1) is 6.61. The Kier molecular flexibility index (Phi) is 3.40. The largest absolute Gasteiger partial charge is 0.264 e. The van der Waals surface area contributed by atoms with E-state index in [0.29, 0.717) is 0 Å². The van der Waals surface area contributed by atoms with Crippen LogP contribution < -0.4 is 0 Å². The Morgan fingerprint density at radius 3 is 2.36 bits per heavy atom. The first-order valence-corrected chi connectivity index (χ1v) is 4.45. The molecule has 0 atom stereocenters. The van der Waals surface area contributed by atoms with Crippen molar-refractivity contribution in [1.82, 2.24) is 0 Å². The van der Waals surface area contributed by atoms with E-state index in [1.807, 2.05) is 37.3 Å². The van der Waals surface area contributed by atoms with Crippen LogP contribution in [0.25, 0.3) is 5.57 Å². The molecule has 1 aromatic rings. The number of nitro groups is 1. The Labute approximate surface area is 83.2 Å². The maximum absolute atomic E-state index is 10.3. The maximum atomic E-state index is 10.3.